The molecular formula is C19H15BrN4O3S. The maximum atomic E-state index is 10.3. The molecule has 0 saturated heterocycles. The van der Waals surface area contributed by atoms with Gasteiger partial charge in [-0.1, -0.05) is 6.07 Å². The lowest BCUT2D eigenvalue weighted by atomic mass is 9.83. The van der Waals surface area contributed by atoms with Gasteiger partial charge in [0.1, 0.15) is 11.6 Å². The first-order valence-electron chi connectivity index (χ1n) is 8.40. The highest BCUT2D eigenvalue weighted by Crippen LogP contribution is 2.48. The molecule has 1 aliphatic heterocycles. The molecule has 0 radical (unpaired) electrons. The van der Waals surface area contributed by atoms with E-state index < -0.39 is 5.92 Å². The molecule has 0 spiro atoms. The van der Waals surface area contributed by atoms with E-state index in [1.54, 1.807) is 23.5 Å². The second-order valence-corrected chi connectivity index (χ2v) is 7.80. The molecule has 4 rings (SSSR count). The summed E-state index contributed by atoms with van der Waals surface area (Å²) in [5.74, 6) is 0.120. The number of hydrogen-bond donors (Lipinski definition) is 3. The van der Waals surface area contributed by atoms with Crippen molar-refractivity contribution in [3.63, 3.8) is 0 Å². The molecule has 2 aromatic heterocycles. The molecule has 3 heterocycles. The average Bonchev–Trinajstić information content (AvgIpc) is 3.33. The third-order valence-corrected chi connectivity index (χ3v) is 5.88. The molecule has 0 amide bonds. The number of nitrogens with zero attached hydrogens (tertiary/aromatic N) is 2. The highest BCUT2D eigenvalue weighted by molar-refractivity contribution is 9.10. The monoisotopic (exact) mass is 458 g/mol. The van der Waals surface area contributed by atoms with Crippen LogP contribution in [0.25, 0.3) is 10.6 Å². The largest absolute Gasteiger partial charge is 0.503 e. The molecule has 1 aromatic carbocycles. The molecule has 0 aliphatic carbocycles. The van der Waals surface area contributed by atoms with Crippen LogP contribution in [0.5, 0.6) is 17.4 Å². The van der Waals surface area contributed by atoms with E-state index >= 15 is 0 Å². The molecule has 142 valence electrons. The number of phenolic OH excluding ortho intramolecular Hbond substituents is 1. The topological polar surface area (TPSA) is 117 Å². The number of fused-ring (bicyclic) bond motifs is 1. The van der Waals surface area contributed by atoms with Crippen LogP contribution in [0.15, 0.2) is 45.6 Å². The SMILES string of the molecule is CCOc1cc(C2C(C#N)=C(N)Oc3n[nH]c(-c4cccs4)c32)cc(Br)c1O. The van der Waals surface area contributed by atoms with Crippen molar-refractivity contribution in [3.05, 3.63) is 56.7 Å². The lowest BCUT2D eigenvalue weighted by molar-refractivity contribution is 0.316. The standard InChI is InChI=1S/C19H15BrN4O3S/c1-2-26-12-7-9(6-11(20)17(12)25)14-10(8-21)18(22)27-19-15(14)16(23-24-19)13-4-3-5-28-13/h3-7,14,25H,2,22H2,1H3,(H,23,24). The number of benzene rings is 1. The van der Waals surface area contributed by atoms with Gasteiger partial charge in [0.2, 0.25) is 11.8 Å². The van der Waals surface area contributed by atoms with Crippen molar-refractivity contribution in [1.29, 1.82) is 5.26 Å². The van der Waals surface area contributed by atoms with Gasteiger partial charge in [-0.25, -0.2) is 0 Å². The molecule has 1 aliphatic rings. The lowest BCUT2D eigenvalue weighted by Gasteiger charge is -2.24. The number of H-pyrrole nitrogens is 1. The minimum absolute atomic E-state index is 0.000911. The van der Waals surface area contributed by atoms with Gasteiger partial charge in [-0.2, -0.15) is 5.26 Å². The molecule has 3 aromatic rings. The van der Waals surface area contributed by atoms with Gasteiger partial charge in [-0.05, 0) is 52.0 Å². The number of rotatable bonds is 4. The van der Waals surface area contributed by atoms with Crippen molar-refractivity contribution in [2.45, 2.75) is 12.8 Å². The molecule has 1 atom stereocenters. The van der Waals surface area contributed by atoms with Gasteiger partial charge < -0.3 is 20.3 Å². The number of nitrogens with two attached hydrogens (primary N) is 1. The molecule has 0 saturated carbocycles. The predicted molar refractivity (Wildman–Crippen MR) is 108 cm³/mol. The number of aromatic hydroxyl groups is 1. The van der Waals surface area contributed by atoms with Crippen LogP contribution in [-0.2, 0) is 0 Å². The first kappa shape index (κ1) is 18.4. The fourth-order valence-corrected chi connectivity index (χ4v) is 4.41. The van der Waals surface area contributed by atoms with Gasteiger partial charge in [0.25, 0.3) is 0 Å². The zero-order valence-corrected chi connectivity index (χ0v) is 17.1. The third-order valence-electron chi connectivity index (χ3n) is 4.39. The third kappa shape index (κ3) is 2.91. The minimum atomic E-state index is -0.527. The van der Waals surface area contributed by atoms with Crippen LogP contribution in [0.1, 0.15) is 24.0 Å². The molecule has 0 fully saturated rings. The van der Waals surface area contributed by atoms with Crippen LogP contribution in [0.3, 0.4) is 0 Å². The Morgan fingerprint density at radius 3 is 3.00 bits per heavy atom. The number of nitriles is 1. The highest BCUT2D eigenvalue weighted by Gasteiger charge is 2.36. The summed E-state index contributed by atoms with van der Waals surface area (Å²) in [6.07, 6.45) is 0. The maximum Gasteiger partial charge on any atom is 0.244 e. The van der Waals surface area contributed by atoms with E-state index in [-0.39, 0.29) is 17.2 Å². The van der Waals surface area contributed by atoms with Crippen molar-refractivity contribution >= 4 is 27.3 Å². The number of allylic oxidation sites excluding steroid dienone is 1. The molecule has 1 unspecified atom stereocenters. The molecule has 4 N–H and O–H groups in total. The second kappa shape index (κ2) is 7.22. The summed E-state index contributed by atoms with van der Waals surface area (Å²) in [6.45, 7) is 2.22. The van der Waals surface area contributed by atoms with Crippen molar-refractivity contribution in [1.82, 2.24) is 10.2 Å². The molecule has 7 nitrogen and oxygen atoms in total. The van der Waals surface area contributed by atoms with Crippen LogP contribution < -0.4 is 15.2 Å². The highest BCUT2D eigenvalue weighted by atomic mass is 79.9. The Morgan fingerprint density at radius 1 is 1.50 bits per heavy atom. The molecule has 9 heteroatoms. The number of nitrogens with one attached hydrogen (secondary N) is 1. The fourth-order valence-electron chi connectivity index (χ4n) is 3.21. The van der Waals surface area contributed by atoms with Crippen LogP contribution >= 0.6 is 27.3 Å². The lowest BCUT2D eigenvalue weighted by Crippen LogP contribution is -2.21. The fraction of sp³-hybridized carbons (Fsp3) is 0.158. The van der Waals surface area contributed by atoms with E-state index in [4.69, 9.17) is 15.2 Å². The van der Waals surface area contributed by atoms with Crippen LogP contribution in [0.2, 0.25) is 0 Å². The van der Waals surface area contributed by atoms with Crippen LogP contribution in [-0.4, -0.2) is 21.9 Å². The van der Waals surface area contributed by atoms with Crippen molar-refractivity contribution < 1.29 is 14.6 Å². The van der Waals surface area contributed by atoms with E-state index in [0.29, 0.717) is 28.3 Å². The second-order valence-electron chi connectivity index (χ2n) is 6.00. The zero-order valence-electron chi connectivity index (χ0n) is 14.7. The number of halogens is 1. The van der Waals surface area contributed by atoms with E-state index in [9.17, 15) is 10.4 Å². The molecule has 28 heavy (non-hydrogen) atoms. The first-order valence-corrected chi connectivity index (χ1v) is 10.1. The van der Waals surface area contributed by atoms with Crippen LogP contribution in [0, 0.1) is 11.3 Å². The Hall–Kier alpha value is -2.96. The van der Waals surface area contributed by atoms with E-state index in [2.05, 4.69) is 32.2 Å². The maximum absolute atomic E-state index is 10.3. The van der Waals surface area contributed by atoms with Gasteiger partial charge in [0.05, 0.1) is 33.1 Å². The van der Waals surface area contributed by atoms with Gasteiger partial charge in [-0.3, -0.25) is 5.10 Å². The number of phenols is 1. The summed E-state index contributed by atoms with van der Waals surface area (Å²) in [5.41, 5.74) is 8.48. The summed E-state index contributed by atoms with van der Waals surface area (Å²) >= 11 is 4.91. The summed E-state index contributed by atoms with van der Waals surface area (Å²) in [6, 6.07) is 9.51. The van der Waals surface area contributed by atoms with E-state index in [1.807, 2.05) is 24.4 Å². The van der Waals surface area contributed by atoms with Crippen molar-refractivity contribution in [3.8, 4) is 34.0 Å². The Balaban J connectivity index is 1.96. The number of hydrogen-bond acceptors (Lipinski definition) is 7. The average molecular weight is 459 g/mol. The Morgan fingerprint density at radius 2 is 2.32 bits per heavy atom. The molecular weight excluding hydrogens is 444 g/mol. The zero-order chi connectivity index (χ0) is 19.8. The van der Waals surface area contributed by atoms with Crippen molar-refractivity contribution in [2.24, 2.45) is 5.73 Å². The van der Waals surface area contributed by atoms with Crippen LogP contribution in [0.4, 0.5) is 0 Å². The van der Waals surface area contributed by atoms with E-state index in [0.717, 1.165) is 16.1 Å². The quantitative estimate of drug-likeness (QED) is 0.538. The van der Waals surface area contributed by atoms with Gasteiger partial charge >= 0.3 is 0 Å². The summed E-state index contributed by atoms with van der Waals surface area (Å²) in [4.78, 5) is 0.961. The Labute approximate surface area is 173 Å². The first-order chi connectivity index (χ1) is 13.5. The Bertz CT molecular complexity index is 1120. The number of ether oxygens (including phenoxy) is 2. The van der Waals surface area contributed by atoms with Crippen molar-refractivity contribution in [2.75, 3.05) is 6.61 Å². The van der Waals surface area contributed by atoms with Gasteiger partial charge in [-0.15, -0.1) is 16.4 Å². The minimum Gasteiger partial charge on any atom is -0.503 e. The number of aromatic amines is 1. The summed E-state index contributed by atoms with van der Waals surface area (Å²) < 4.78 is 11.6. The smallest absolute Gasteiger partial charge is 0.244 e. The number of thiophene rings is 1. The molecule has 0 bridgehead atoms. The van der Waals surface area contributed by atoms with Gasteiger partial charge in [0, 0.05) is 0 Å². The number of aromatic nitrogens is 2. The Kier molecular flexibility index (Phi) is 4.75. The predicted octanol–water partition coefficient (Wildman–Crippen LogP) is 4.22. The van der Waals surface area contributed by atoms with E-state index in [1.165, 1.54) is 0 Å². The normalized spacial score (nSPS) is 15.7. The summed E-state index contributed by atoms with van der Waals surface area (Å²) in [5, 5.41) is 29.3. The van der Waals surface area contributed by atoms with Gasteiger partial charge in [0.15, 0.2) is 11.5 Å². The summed E-state index contributed by atoms with van der Waals surface area (Å²) in [7, 11) is 0.